The average Bonchev–Trinajstić information content (AvgIpc) is 3.26. The lowest BCUT2D eigenvalue weighted by atomic mass is 10.1. The molecule has 0 spiro atoms. The maximum Gasteiger partial charge on any atom is 0.351 e. The van der Waals surface area contributed by atoms with Crippen LogP contribution in [0.15, 0.2) is 36.7 Å². The predicted molar refractivity (Wildman–Crippen MR) is 86.4 cm³/mol. The molecule has 7 heteroatoms. The number of aromatic nitrogens is 2. The molecule has 2 aromatic rings. The Labute approximate surface area is 144 Å². The van der Waals surface area contributed by atoms with Crippen LogP contribution >= 0.6 is 11.6 Å². The monoisotopic (exact) mass is 348 g/mol. The SMILES string of the molecule is COC(=O)[C@H](OC(=O)[C@H]1C[C@H]1c1cnn(C)c1)c1cccc(Cl)c1. The van der Waals surface area contributed by atoms with Crippen LogP contribution in [0, 0.1) is 5.92 Å². The Morgan fingerprint density at radius 3 is 2.83 bits per heavy atom. The normalized spacial score (nSPS) is 20.3. The third kappa shape index (κ3) is 3.43. The fourth-order valence-corrected chi connectivity index (χ4v) is 2.89. The summed E-state index contributed by atoms with van der Waals surface area (Å²) in [6.07, 6.45) is 3.20. The second kappa shape index (κ2) is 6.65. The number of benzene rings is 1. The Hall–Kier alpha value is -2.34. The minimum absolute atomic E-state index is 0.0869. The molecular weight excluding hydrogens is 332 g/mol. The summed E-state index contributed by atoms with van der Waals surface area (Å²) < 4.78 is 11.9. The van der Waals surface area contributed by atoms with Crippen molar-refractivity contribution >= 4 is 23.5 Å². The van der Waals surface area contributed by atoms with Gasteiger partial charge >= 0.3 is 11.9 Å². The van der Waals surface area contributed by atoms with Crippen molar-refractivity contribution in [3.63, 3.8) is 0 Å². The summed E-state index contributed by atoms with van der Waals surface area (Å²) >= 11 is 5.95. The van der Waals surface area contributed by atoms with E-state index in [2.05, 4.69) is 5.10 Å². The van der Waals surface area contributed by atoms with Gasteiger partial charge in [0.2, 0.25) is 6.10 Å². The number of esters is 2. The van der Waals surface area contributed by atoms with Crippen molar-refractivity contribution in [1.82, 2.24) is 9.78 Å². The zero-order valence-corrected chi connectivity index (χ0v) is 14.1. The number of ether oxygens (including phenoxy) is 2. The lowest BCUT2D eigenvalue weighted by Crippen LogP contribution is -2.22. The molecule has 1 saturated carbocycles. The number of nitrogens with zero attached hydrogens (tertiary/aromatic N) is 2. The molecule has 0 N–H and O–H groups in total. The van der Waals surface area contributed by atoms with Crippen LogP contribution in [0.4, 0.5) is 0 Å². The molecule has 1 aliphatic rings. The minimum Gasteiger partial charge on any atom is -0.466 e. The van der Waals surface area contributed by atoms with Gasteiger partial charge in [0.1, 0.15) is 0 Å². The Morgan fingerprint density at radius 1 is 1.42 bits per heavy atom. The van der Waals surface area contributed by atoms with Crippen molar-refractivity contribution in [3.8, 4) is 0 Å². The zero-order valence-electron chi connectivity index (χ0n) is 13.3. The highest BCUT2D eigenvalue weighted by Gasteiger charge is 2.47. The van der Waals surface area contributed by atoms with Crippen molar-refractivity contribution < 1.29 is 19.1 Å². The van der Waals surface area contributed by atoms with Gasteiger partial charge < -0.3 is 9.47 Å². The zero-order chi connectivity index (χ0) is 17.3. The van der Waals surface area contributed by atoms with Crippen LogP contribution in [0.5, 0.6) is 0 Å². The van der Waals surface area contributed by atoms with Crippen LogP contribution in [-0.4, -0.2) is 28.8 Å². The highest BCUT2D eigenvalue weighted by atomic mass is 35.5. The molecule has 6 nitrogen and oxygen atoms in total. The number of rotatable bonds is 5. The standard InChI is InChI=1S/C17H17ClN2O4/c1-20-9-11(8-19-20)13-7-14(13)16(21)24-15(17(22)23-2)10-4-3-5-12(18)6-10/h3-6,8-9,13-15H,7H2,1-2H3/t13-,14-,15+/m0/s1. The lowest BCUT2D eigenvalue weighted by Gasteiger charge is -2.16. The molecule has 1 fully saturated rings. The van der Waals surface area contributed by atoms with Crippen LogP contribution in [0.3, 0.4) is 0 Å². The van der Waals surface area contributed by atoms with Gasteiger partial charge in [-0.15, -0.1) is 0 Å². The predicted octanol–water partition coefficient (Wildman–Crippen LogP) is 2.63. The van der Waals surface area contributed by atoms with Crippen molar-refractivity contribution in [2.24, 2.45) is 13.0 Å². The largest absolute Gasteiger partial charge is 0.466 e. The fraction of sp³-hybridized carbons (Fsp3) is 0.353. The van der Waals surface area contributed by atoms with E-state index < -0.39 is 18.0 Å². The first-order valence-corrected chi connectivity index (χ1v) is 7.89. The van der Waals surface area contributed by atoms with Gasteiger partial charge in [0, 0.05) is 29.7 Å². The van der Waals surface area contributed by atoms with Crippen LogP contribution in [-0.2, 0) is 26.1 Å². The Morgan fingerprint density at radius 2 is 2.21 bits per heavy atom. The molecule has 0 amide bonds. The van der Waals surface area contributed by atoms with Gasteiger partial charge in [0.05, 0.1) is 19.2 Å². The van der Waals surface area contributed by atoms with Gasteiger partial charge in [-0.05, 0) is 24.1 Å². The fourth-order valence-electron chi connectivity index (χ4n) is 2.69. The van der Waals surface area contributed by atoms with Crippen LogP contribution in [0.2, 0.25) is 5.02 Å². The summed E-state index contributed by atoms with van der Waals surface area (Å²) in [5.74, 6) is -1.23. The maximum atomic E-state index is 12.4. The second-order valence-corrected chi connectivity index (χ2v) is 6.23. The first-order valence-electron chi connectivity index (χ1n) is 7.52. The molecule has 0 unspecified atom stereocenters. The summed E-state index contributed by atoms with van der Waals surface area (Å²) in [5, 5.41) is 4.56. The summed E-state index contributed by atoms with van der Waals surface area (Å²) in [7, 11) is 3.08. The van der Waals surface area contributed by atoms with Gasteiger partial charge in [0.15, 0.2) is 0 Å². The van der Waals surface area contributed by atoms with Gasteiger partial charge in [-0.1, -0.05) is 23.7 Å². The number of hydrogen-bond acceptors (Lipinski definition) is 5. The first-order chi connectivity index (χ1) is 11.5. The highest BCUT2D eigenvalue weighted by Crippen LogP contribution is 2.48. The van der Waals surface area contributed by atoms with E-state index in [9.17, 15) is 9.59 Å². The summed E-state index contributed by atoms with van der Waals surface area (Å²) in [4.78, 5) is 24.4. The van der Waals surface area contributed by atoms with Gasteiger partial charge in [-0.3, -0.25) is 9.48 Å². The van der Waals surface area contributed by atoms with Crippen molar-refractivity contribution in [2.45, 2.75) is 18.4 Å². The van der Waals surface area contributed by atoms with E-state index in [0.29, 0.717) is 17.0 Å². The molecule has 1 aromatic heterocycles. The van der Waals surface area contributed by atoms with Crippen molar-refractivity contribution in [2.75, 3.05) is 7.11 Å². The van der Waals surface area contributed by atoms with E-state index in [1.807, 2.05) is 13.2 Å². The molecular formula is C17H17ClN2O4. The Balaban J connectivity index is 1.71. The number of carbonyl (C=O) groups is 2. The minimum atomic E-state index is -1.11. The number of aryl methyl sites for hydroxylation is 1. The van der Waals surface area contributed by atoms with E-state index >= 15 is 0 Å². The van der Waals surface area contributed by atoms with Crippen molar-refractivity contribution in [3.05, 3.63) is 52.8 Å². The lowest BCUT2D eigenvalue weighted by molar-refractivity contribution is -0.167. The second-order valence-electron chi connectivity index (χ2n) is 5.79. The van der Waals surface area contributed by atoms with E-state index in [0.717, 1.165) is 5.56 Å². The Kier molecular flexibility index (Phi) is 4.57. The molecule has 3 rings (SSSR count). The molecule has 1 aliphatic carbocycles. The number of halogens is 1. The summed E-state index contributed by atoms with van der Waals surface area (Å²) in [6.45, 7) is 0. The van der Waals surface area contributed by atoms with E-state index in [1.54, 1.807) is 35.1 Å². The number of hydrogen-bond donors (Lipinski definition) is 0. The van der Waals surface area contributed by atoms with Crippen LogP contribution in [0.25, 0.3) is 0 Å². The molecule has 24 heavy (non-hydrogen) atoms. The van der Waals surface area contributed by atoms with Gasteiger partial charge in [-0.25, -0.2) is 4.79 Å². The molecule has 3 atom stereocenters. The van der Waals surface area contributed by atoms with Crippen LogP contribution < -0.4 is 0 Å². The molecule has 0 saturated heterocycles. The quantitative estimate of drug-likeness (QED) is 0.777. The maximum absolute atomic E-state index is 12.4. The molecule has 0 bridgehead atoms. The molecule has 126 valence electrons. The molecule has 0 aliphatic heterocycles. The summed E-state index contributed by atoms with van der Waals surface area (Å²) in [6, 6.07) is 6.63. The molecule has 1 aromatic carbocycles. The van der Waals surface area contributed by atoms with E-state index in [4.69, 9.17) is 21.1 Å². The van der Waals surface area contributed by atoms with Gasteiger partial charge in [0.25, 0.3) is 0 Å². The Bertz CT molecular complexity index is 773. The highest BCUT2D eigenvalue weighted by molar-refractivity contribution is 6.30. The average molecular weight is 349 g/mol. The third-order valence-electron chi connectivity index (χ3n) is 4.05. The number of carbonyl (C=O) groups excluding carboxylic acids is 2. The molecule has 1 heterocycles. The molecule has 0 radical (unpaired) electrons. The smallest absolute Gasteiger partial charge is 0.351 e. The van der Waals surface area contributed by atoms with Gasteiger partial charge in [-0.2, -0.15) is 5.10 Å². The topological polar surface area (TPSA) is 70.4 Å². The van der Waals surface area contributed by atoms with E-state index in [1.165, 1.54) is 7.11 Å². The first kappa shape index (κ1) is 16.5. The van der Waals surface area contributed by atoms with Crippen LogP contribution in [0.1, 0.15) is 29.6 Å². The third-order valence-corrected chi connectivity index (χ3v) is 4.28. The van der Waals surface area contributed by atoms with E-state index in [-0.39, 0.29) is 11.8 Å². The number of methoxy groups -OCH3 is 1. The summed E-state index contributed by atoms with van der Waals surface area (Å²) in [5.41, 5.74) is 1.48. The van der Waals surface area contributed by atoms with Crippen molar-refractivity contribution in [1.29, 1.82) is 0 Å².